The van der Waals surface area contributed by atoms with E-state index in [1.807, 2.05) is 19.9 Å². The quantitative estimate of drug-likeness (QED) is 0.900. The first-order valence-corrected chi connectivity index (χ1v) is 8.47. The molecule has 5 nitrogen and oxygen atoms in total. The SMILES string of the molecule is CCc1nc2c(Cl)c(Cl)c(OC)cc2c2c1CN(C(=O)CO)[C@H]2C. The van der Waals surface area contributed by atoms with Crippen LogP contribution in [0.3, 0.4) is 0 Å². The van der Waals surface area contributed by atoms with Gasteiger partial charge in [0.15, 0.2) is 0 Å². The molecule has 0 unspecified atom stereocenters. The zero-order valence-corrected chi connectivity index (χ0v) is 15.2. The molecule has 0 fully saturated rings. The molecule has 1 aliphatic rings. The van der Waals surface area contributed by atoms with Crippen molar-refractivity contribution in [3.63, 3.8) is 0 Å². The molecule has 24 heavy (non-hydrogen) atoms. The van der Waals surface area contributed by atoms with E-state index in [1.54, 1.807) is 4.90 Å². The Morgan fingerprint density at radius 3 is 2.75 bits per heavy atom. The number of aliphatic hydroxyl groups is 1. The van der Waals surface area contributed by atoms with E-state index < -0.39 is 6.61 Å². The molecular formula is C17H18Cl2N2O3. The Kier molecular flexibility index (Phi) is 4.60. The molecule has 0 saturated carbocycles. The predicted molar refractivity (Wildman–Crippen MR) is 93.7 cm³/mol. The number of halogens is 2. The molecule has 3 rings (SSSR count). The summed E-state index contributed by atoms with van der Waals surface area (Å²) in [5, 5.41) is 10.7. The lowest BCUT2D eigenvalue weighted by Crippen LogP contribution is -2.30. The van der Waals surface area contributed by atoms with Gasteiger partial charge in [-0.15, -0.1) is 0 Å². The highest BCUT2D eigenvalue weighted by molar-refractivity contribution is 6.46. The maximum Gasteiger partial charge on any atom is 0.249 e. The summed E-state index contributed by atoms with van der Waals surface area (Å²) in [6, 6.07) is 1.63. The highest BCUT2D eigenvalue weighted by atomic mass is 35.5. The van der Waals surface area contributed by atoms with Crippen molar-refractivity contribution in [3.8, 4) is 5.75 Å². The van der Waals surface area contributed by atoms with Gasteiger partial charge in [0.2, 0.25) is 5.91 Å². The topological polar surface area (TPSA) is 62.7 Å². The number of pyridine rings is 1. The van der Waals surface area contributed by atoms with E-state index in [-0.39, 0.29) is 11.9 Å². The molecule has 0 radical (unpaired) electrons. The van der Waals surface area contributed by atoms with Crippen LogP contribution >= 0.6 is 23.2 Å². The number of hydrogen-bond acceptors (Lipinski definition) is 4. The third kappa shape index (κ3) is 2.42. The van der Waals surface area contributed by atoms with Crippen LogP contribution < -0.4 is 4.74 Å². The van der Waals surface area contributed by atoms with Gasteiger partial charge in [-0.1, -0.05) is 30.1 Å². The van der Waals surface area contributed by atoms with Crippen LogP contribution in [0.4, 0.5) is 0 Å². The first-order chi connectivity index (χ1) is 11.4. The number of benzene rings is 1. The second kappa shape index (κ2) is 6.39. The van der Waals surface area contributed by atoms with Gasteiger partial charge in [-0.25, -0.2) is 0 Å². The van der Waals surface area contributed by atoms with Crippen LogP contribution in [0.2, 0.25) is 10.0 Å². The number of aryl methyl sites for hydroxylation is 1. The normalized spacial score (nSPS) is 16.6. The Morgan fingerprint density at radius 2 is 2.17 bits per heavy atom. The van der Waals surface area contributed by atoms with Gasteiger partial charge in [-0.2, -0.15) is 0 Å². The van der Waals surface area contributed by atoms with Crippen molar-refractivity contribution >= 4 is 40.0 Å². The molecular weight excluding hydrogens is 351 g/mol. The van der Waals surface area contributed by atoms with Crippen LogP contribution in [-0.4, -0.2) is 34.6 Å². The second-order valence-electron chi connectivity index (χ2n) is 5.76. The summed E-state index contributed by atoms with van der Waals surface area (Å²) in [5.74, 6) is 0.169. The number of nitrogens with zero attached hydrogens (tertiary/aromatic N) is 2. The third-order valence-electron chi connectivity index (χ3n) is 4.58. The maximum absolute atomic E-state index is 12.1. The van der Waals surface area contributed by atoms with Gasteiger partial charge in [0.25, 0.3) is 0 Å². The Balaban J connectivity index is 2.34. The molecule has 2 aromatic rings. The number of aliphatic hydroxyl groups excluding tert-OH is 1. The van der Waals surface area contributed by atoms with Gasteiger partial charge >= 0.3 is 0 Å². The maximum atomic E-state index is 12.1. The summed E-state index contributed by atoms with van der Waals surface area (Å²) < 4.78 is 5.32. The third-order valence-corrected chi connectivity index (χ3v) is 5.42. The Labute approximate surface area is 150 Å². The molecule has 1 aromatic heterocycles. The monoisotopic (exact) mass is 368 g/mol. The molecule has 128 valence electrons. The minimum absolute atomic E-state index is 0.183. The van der Waals surface area contributed by atoms with Gasteiger partial charge in [0.05, 0.1) is 23.7 Å². The number of carbonyl (C=O) groups is 1. The van der Waals surface area contributed by atoms with Crippen molar-refractivity contribution in [2.45, 2.75) is 32.9 Å². The molecule has 7 heteroatoms. The molecule has 1 amide bonds. The van der Waals surface area contributed by atoms with Crippen molar-refractivity contribution in [1.29, 1.82) is 0 Å². The summed E-state index contributed by atoms with van der Waals surface area (Å²) in [6.45, 7) is 3.87. The fraction of sp³-hybridized carbons (Fsp3) is 0.412. The average Bonchev–Trinajstić information content (AvgIpc) is 2.94. The Morgan fingerprint density at radius 1 is 1.46 bits per heavy atom. The number of fused-ring (bicyclic) bond motifs is 3. The minimum atomic E-state index is -0.513. The lowest BCUT2D eigenvalue weighted by molar-refractivity contribution is -0.136. The zero-order valence-electron chi connectivity index (χ0n) is 13.7. The van der Waals surface area contributed by atoms with Gasteiger partial charge in [0.1, 0.15) is 17.4 Å². The van der Waals surface area contributed by atoms with E-state index in [1.165, 1.54) is 7.11 Å². The fourth-order valence-corrected chi connectivity index (χ4v) is 3.84. The molecule has 1 aliphatic heterocycles. The van der Waals surface area contributed by atoms with Crippen LogP contribution in [0.15, 0.2) is 6.07 Å². The van der Waals surface area contributed by atoms with Gasteiger partial charge < -0.3 is 14.7 Å². The van der Waals surface area contributed by atoms with Crippen molar-refractivity contribution in [2.75, 3.05) is 13.7 Å². The van der Waals surface area contributed by atoms with Crippen molar-refractivity contribution in [3.05, 3.63) is 32.9 Å². The van der Waals surface area contributed by atoms with E-state index in [9.17, 15) is 9.90 Å². The first kappa shape index (κ1) is 17.3. The van der Waals surface area contributed by atoms with Crippen LogP contribution in [0.25, 0.3) is 10.9 Å². The first-order valence-electron chi connectivity index (χ1n) is 7.72. The molecule has 1 aromatic carbocycles. The summed E-state index contributed by atoms with van der Waals surface area (Å²) in [6.07, 6.45) is 0.714. The van der Waals surface area contributed by atoms with Crippen molar-refractivity contribution in [2.24, 2.45) is 0 Å². The number of methoxy groups -OCH3 is 1. The van der Waals surface area contributed by atoms with Crippen LogP contribution in [0.1, 0.15) is 36.7 Å². The van der Waals surface area contributed by atoms with E-state index in [0.717, 1.165) is 22.2 Å². The van der Waals surface area contributed by atoms with Crippen molar-refractivity contribution in [1.82, 2.24) is 9.88 Å². The fourth-order valence-electron chi connectivity index (χ4n) is 3.38. The number of rotatable bonds is 3. The number of ether oxygens (including phenoxy) is 1. The van der Waals surface area contributed by atoms with Gasteiger partial charge in [-0.3, -0.25) is 9.78 Å². The van der Waals surface area contributed by atoms with Crippen LogP contribution in [0.5, 0.6) is 5.75 Å². The molecule has 0 aliphatic carbocycles. The van der Waals surface area contributed by atoms with Crippen LogP contribution in [0, 0.1) is 0 Å². The smallest absolute Gasteiger partial charge is 0.249 e. The predicted octanol–water partition coefficient (Wildman–Crippen LogP) is 3.51. The lowest BCUT2D eigenvalue weighted by atomic mass is 9.97. The Bertz CT molecular complexity index is 839. The molecule has 0 saturated heterocycles. The summed E-state index contributed by atoms with van der Waals surface area (Å²) in [7, 11) is 1.53. The molecule has 1 N–H and O–H groups in total. The zero-order chi connectivity index (χ0) is 17.6. The molecule has 1 atom stereocenters. The standard InChI is InChI=1S/C17H18Cl2N2O3/c1-4-11-10-6-21(13(23)7-22)8(2)14(10)9-5-12(24-3)15(18)16(19)17(9)20-11/h5,8,22H,4,6-7H2,1-3H3/t8-/m0/s1. The van der Waals surface area contributed by atoms with Gasteiger partial charge in [-0.05, 0) is 30.5 Å². The highest BCUT2D eigenvalue weighted by Gasteiger charge is 2.34. The number of amides is 1. The molecule has 2 heterocycles. The minimum Gasteiger partial charge on any atom is -0.495 e. The largest absolute Gasteiger partial charge is 0.495 e. The van der Waals surface area contributed by atoms with E-state index in [2.05, 4.69) is 4.98 Å². The summed E-state index contributed by atoms with van der Waals surface area (Å²) in [4.78, 5) is 18.4. The van der Waals surface area contributed by atoms with E-state index >= 15 is 0 Å². The summed E-state index contributed by atoms with van der Waals surface area (Å²) >= 11 is 12.7. The van der Waals surface area contributed by atoms with E-state index in [4.69, 9.17) is 27.9 Å². The average molecular weight is 369 g/mol. The van der Waals surface area contributed by atoms with Crippen molar-refractivity contribution < 1.29 is 14.6 Å². The number of carbonyl (C=O) groups excluding carboxylic acids is 1. The molecule has 0 bridgehead atoms. The number of hydrogen-bond donors (Lipinski definition) is 1. The summed E-state index contributed by atoms with van der Waals surface area (Å²) in [5.41, 5.74) is 3.51. The van der Waals surface area contributed by atoms with Crippen LogP contribution in [-0.2, 0) is 17.8 Å². The Hall–Kier alpha value is -1.56. The second-order valence-corrected chi connectivity index (χ2v) is 6.52. The number of aromatic nitrogens is 1. The highest BCUT2D eigenvalue weighted by Crippen LogP contribution is 2.45. The van der Waals surface area contributed by atoms with E-state index in [0.29, 0.717) is 34.3 Å². The van der Waals surface area contributed by atoms with Gasteiger partial charge in [0, 0.05) is 17.6 Å². The molecule has 0 spiro atoms. The lowest BCUT2D eigenvalue weighted by Gasteiger charge is -2.21.